The number of hydrogen-bond acceptors (Lipinski definition) is 1. The van der Waals surface area contributed by atoms with Crippen molar-refractivity contribution < 1.29 is 0 Å². The number of rotatable bonds is 2. The lowest BCUT2D eigenvalue weighted by Gasteiger charge is -2.09. The first-order valence-electron chi connectivity index (χ1n) is 3.54. The molecule has 11 heavy (non-hydrogen) atoms. The van der Waals surface area contributed by atoms with Crippen LogP contribution in [0.4, 0.5) is 0 Å². The van der Waals surface area contributed by atoms with E-state index in [2.05, 4.69) is 24.2 Å². The van der Waals surface area contributed by atoms with E-state index in [0.29, 0.717) is 0 Å². The van der Waals surface area contributed by atoms with E-state index in [0.717, 1.165) is 5.71 Å². The highest BCUT2D eigenvalue weighted by molar-refractivity contribution is 6.00. The third kappa shape index (κ3) is 1.77. The molecule has 1 nitrogen and oxygen atoms in total. The molecule has 1 aliphatic carbocycles. The van der Waals surface area contributed by atoms with E-state index in [1.54, 1.807) is 6.20 Å². The second kappa shape index (κ2) is 3.71. The van der Waals surface area contributed by atoms with Crippen molar-refractivity contribution >= 4 is 5.71 Å². The van der Waals surface area contributed by atoms with E-state index in [-0.39, 0.29) is 5.92 Å². The summed E-state index contributed by atoms with van der Waals surface area (Å²) in [4.78, 5) is 4.11. The van der Waals surface area contributed by atoms with Crippen molar-refractivity contribution in [2.45, 2.75) is 0 Å². The van der Waals surface area contributed by atoms with Crippen molar-refractivity contribution in [3.8, 4) is 0 Å². The summed E-state index contributed by atoms with van der Waals surface area (Å²) in [7, 11) is 0. The molecule has 1 atom stereocenters. The van der Waals surface area contributed by atoms with Crippen LogP contribution in [0.5, 0.6) is 0 Å². The van der Waals surface area contributed by atoms with Crippen LogP contribution in [-0.4, -0.2) is 5.71 Å². The molecular formula is C10H11N. The van der Waals surface area contributed by atoms with Gasteiger partial charge in [-0.2, -0.15) is 0 Å². The molecule has 0 saturated carbocycles. The Morgan fingerprint density at radius 1 is 1.36 bits per heavy atom. The summed E-state index contributed by atoms with van der Waals surface area (Å²) in [6, 6.07) is 0. The van der Waals surface area contributed by atoms with Crippen LogP contribution in [0.1, 0.15) is 0 Å². The SMILES string of the molecule is C=CN=C1C=CC=CC1C=C. The van der Waals surface area contributed by atoms with E-state index >= 15 is 0 Å². The molecule has 56 valence electrons. The van der Waals surface area contributed by atoms with E-state index in [1.165, 1.54) is 0 Å². The summed E-state index contributed by atoms with van der Waals surface area (Å²) in [6.07, 6.45) is 11.4. The van der Waals surface area contributed by atoms with Crippen molar-refractivity contribution in [1.29, 1.82) is 0 Å². The second-order valence-corrected chi connectivity index (χ2v) is 2.24. The van der Waals surface area contributed by atoms with E-state index in [1.807, 2.05) is 24.3 Å². The zero-order chi connectivity index (χ0) is 8.10. The third-order valence-electron chi connectivity index (χ3n) is 1.53. The number of allylic oxidation sites excluding steroid dienone is 5. The maximum absolute atomic E-state index is 4.11. The van der Waals surface area contributed by atoms with Gasteiger partial charge in [0, 0.05) is 12.1 Å². The largest absolute Gasteiger partial charge is 0.261 e. The summed E-state index contributed by atoms with van der Waals surface area (Å²) in [5, 5.41) is 0. The predicted octanol–water partition coefficient (Wildman–Crippen LogP) is 2.50. The molecule has 0 aliphatic heterocycles. The molecular weight excluding hydrogens is 134 g/mol. The lowest BCUT2D eigenvalue weighted by Crippen LogP contribution is -2.08. The van der Waals surface area contributed by atoms with Crippen LogP contribution in [0.3, 0.4) is 0 Å². The Bertz CT molecular complexity index is 244. The first-order valence-corrected chi connectivity index (χ1v) is 3.54. The summed E-state index contributed by atoms with van der Waals surface area (Å²) in [5.41, 5.74) is 0.998. The molecule has 0 heterocycles. The normalized spacial score (nSPS) is 25.5. The molecule has 0 aromatic carbocycles. The molecule has 0 aromatic heterocycles. The highest BCUT2D eigenvalue weighted by Gasteiger charge is 2.06. The lowest BCUT2D eigenvalue weighted by atomic mass is 9.99. The van der Waals surface area contributed by atoms with Crippen LogP contribution >= 0.6 is 0 Å². The Hall–Kier alpha value is -1.37. The third-order valence-corrected chi connectivity index (χ3v) is 1.53. The summed E-state index contributed by atoms with van der Waals surface area (Å²) >= 11 is 0. The van der Waals surface area contributed by atoms with Gasteiger partial charge in [0.15, 0.2) is 0 Å². The fourth-order valence-corrected chi connectivity index (χ4v) is 0.982. The molecule has 1 aliphatic rings. The quantitative estimate of drug-likeness (QED) is 0.529. The summed E-state index contributed by atoms with van der Waals surface area (Å²) in [5.74, 6) is 0.248. The lowest BCUT2D eigenvalue weighted by molar-refractivity contribution is 1.13. The Morgan fingerprint density at radius 2 is 2.18 bits per heavy atom. The molecule has 0 fully saturated rings. The maximum Gasteiger partial charge on any atom is 0.0509 e. The number of nitrogens with zero attached hydrogens (tertiary/aromatic N) is 1. The van der Waals surface area contributed by atoms with Gasteiger partial charge in [-0.3, -0.25) is 4.99 Å². The van der Waals surface area contributed by atoms with Crippen molar-refractivity contribution in [2.75, 3.05) is 0 Å². The zero-order valence-corrected chi connectivity index (χ0v) is 6.40. The van der Waals surface area contributed by atoms with Gasteiger partial charge in [-0.1, -0.05) is 30.9 Å². The Kier molecular flexibility index (Phi) is 2.61. The van der Waals surface area contributed by atoms with E-state index < -0.39 is 0 Å². The molecule has 1 unspecified atom stereocenters. The molecule has 0 spiro atoms. The molecule has 0 saturated heterocycles. The van der Waals surface area contributed by atoms with Gasteiger partial charge in [0.25, 0.3) is 0 Å². The van der Waals surface area contributed by atoms with Gasteiger partial charge in [-0.25, -0.2) is 0 Å². The van der Waals surface area contributed by atoms with Crippen LogP contribution < -0.4 is 0 Å². The van der Waals surface area contributed by atoms with Crippen LogP contribution in [-0.2, 0) is 0 Å². The van der Waals surface area contributed by atoms with Gasteiger partial charge in [0.2, 0.25) is 0 Å². The van der Waals surface area contributed by atoms with Crippen molar-refractivity contribution in [3.05, 3.63) is 49.7 Å². The Morgan fingerprint density at radius 3 is 2.82 bits per heavy atom. The zero-order valence-electron chi connectivity index (χ0n) is 6.40. The van der Waals surface area contributed by atoms with Crippen molar-refractivity contribution in [2.24, 2.45) is 10.9 Å². The number of aliphatic imine (C=N–C) groups is 1. The number of hydrogen-bond donors (Lipinski definition) is 0. The van der Waals surface area contributed by atoms with Crippen LogP contribution in [0.2, 0.25) is 0 Å². The average Bonchev–Trinajstić information content (AvgIpc) is 2.06. The van der Waals surface area contributed by atoms with Crippen LogP contribution in [0.25, 0.3) is 0 Å². The van der Waals surface area contributed by atoms with Gasteiger partial charge in [0.1, 0.15) is 0 Å². The first-order chi connectivity index (χ1) is 5.38. The van der Waals surface area contributed by atoms with Gasteiger partial charge in [-0.15, -0.1) is 6.58 Å². The molecule has 0 radical (unpaired) electrons. The maximum atomic E-state index is 4.11. The molecule has 0 bridgehead atoms. The molecule has 1 heteroatoms. The fraction of sp³-hybridized carbons (Fsp3) is 0.100. The summed E-state index contributed by atoms with van der Waals surface area (Å²) in [6.45, 7) is 7.26. The predicted molar refractivity (Wildman–Crippen MR) is 49.6 cm³/mol. The molecule has 0 N–H and O–H groups in total. The van der Waals surface area contributed by atoms with Crippen molar-refractivity contribution in [1.82, 2.24) is 0 Å². The highest BCUT2D eigenvalue weighted by atomic mass is 14.7. The van der Waals surface area contributed by atoms with Gasteiger partial charge in [-0.05, 0) is 6.08 Å². The Labute approximate surface area is 67.2 Å². The topological polar surface area (TPSA) is 12.4 Å². The molecule has 1 rings (SSSR count). The van der Waals surface area contributed by atoms with Gasteiger partial charge in [0.05, 0.1) is 5.71 Å². The monoisotopic (exact) mass is 145 g/mol. The Balaban J connectivity index is 2.86. The van der Waals surface area contributed by atoms with Gasteiger partial charge < -0.3 is 0 Å². The summed E-state index contributed by atoms with van der Waals surface area (Å²) < 4.78 is 0. The second-order valence-electron chi connectivity index (χ2n) is 2.24. The standard InChI is InChI=1S/C10H11N/c1-3-9-7-5-6-8-10(9)11-4-2/h3-9H,1-2H2. The minimum absolute atomic E-state index is 0.248. The average molecular weight is 145 g/mol. The van der Waals surface area contributed by atoms with Crippen molar-refractivity contribution in [3.63, 3.8) is 0 Å². The van der Waals surface area contributed by atoms with E-state index in [4.69, 9.17) is 0 Å². The van der Waals surface area contributed by atoms with Crippen LogP contribution in [0, 0.1) is 5.92 Å². The first kappa shape index (κ1) is 7.73. The molecule has 0 amide bonds. The highest BCUT2D eigenvalue weighted by Crippen LogP contribution is 2.10. The molecule has 0 aromatic rings. The minimum Gasteiger partial charge on any atom is -0.261 e. The van der Waals surface area contributed by atoms with E-state index in [9.17, 15) is 0 Å². The fourth-order valence-electron chi connectivity index (χ4n) is 0.982. The minimum atomic E-state index is 0.248. The smallest absolute Gasteiger partial charge is 0.0509 e. The van der Waals surface area contributed by atoms with Gasteiger partial charge >= 0.3 is 0 Å². The van der Waals surface area contributed by atoms with Crippen LogP contribution in [0.15, 0.2) is 54.7 Å².